The SMILES string of the molecule is CC(=O)c1ccc(NC(=O)O[C@H](c2cc(Br)cc(Br)c2O)C(C)(C)CC/C=C/C(=O)O)cc1. The van der Waals surface area contributed by atoms with Crippen LogP contribution in [-0.4, -0.2) is 28.1 Å². The Bertz CT molecular complexity index is 1060. The number of rotatable bonds is 9. The van der Waals surface area contributed by atoms with Crippen LogP contribution in [-0.2, 0) is 9.53 Å². The Morgan fingerprint density at radius 2 is 1.79 bits per heavy atom. The van der Waals surface area contributed by atoms with E-state index < -0.39 is 23.6 Å². The summed E-state index contributed by atoms with van der Waals surface area (Å²) in [6.07, 6.45) is 1.92. The lowest BCUT2D eigenvalue weighted by Gasteiger charge is -2.34. The van der Waals surface area contributed by atoms with Crippen molar-refractivity contribution in [3.63, 3.8) is 0 Å². The Labute approximate surface area is 209 Å². The maximum atomic E-state index is 12.8. The number of amides is 1. The monoisotopic (exact) mass is 581 g/mol. The summed E-state index contributed by atoms with van der Waals surface area (Å²) < 4.78 is 6.90. The molecule has 0 bridgehead atoms. The van der Waals surface area contributed by atoms with E-state index >= 15 is 0 Å². The molecule has 1 amide bonds. The average Bonchev–Trinajstić information content (AvgIpc) is 2.72. The third kappa shape index (κ3) is 7.71. The first-order valence-electron chi connectivity index (χ1n) is 10.1. The van der Waals surface area contributed by atoms with Crippen LogP contribution >= 0.6 is 31.9 Å². The zero-order valence-electron chi connectivity index (χ0n) is 18.4. The summed E-state index contributed by atoms with van der Waals surface area (Å²) in [6, 6.07) is 9.75. The first-order chi connectivity index (χ1) is 15.4. The zero-order valence-corrected chi connectivity index (χ0v) is 21.6. The molecular weight excluding hydrogens is 558 g/mol. The minimum absolute atomic E-state index is 0.0593. The van der Waals surface area contributed by atoms with Crippen molar-refractivity contribution >= 4 is 55.4 Å². The van der Waals surface area contributed by atoms with E-state index in [1.165, 1.54) is 13.0 Å². The highest BCUT2D eigenvalue weighted by Crippen LogP contribution is 2.46. The van der Waals surface area contributed by atoms with Gasteiger partial charge in [0.15, 0.2) is 5.78 Å². The number of carboxylic acid groups (broad SMARTS) is 1. The van der Waals surface area contributed by atoms with E-state index in [1.807, 2.05) is 13.8 Å². The van der Waals surface area contributed by atoms with E-state index in [2.05, 4.69) is 37.2 Å². The number of anilines is 1. The molecule has 9 heteroatoms. The van der Waals surface area contributed by atoms with Crippen molar-refractivity contribution in [2.24, 2.45) is 5.41 Å². The molecule has 0 unspecified atom stereocenters. The summed E-state index contributed by atoms with van der Waals surface area (Å²) in [4.78, 5) is 35.0. The number of carbonyl (C=O) groups excluding carboxylic acids is 2. The van der Waals surface area contributed by atoms with Crippen LogP contribution in [0.15, 0.2) is 57.5 Å². The van der Waals surface area contributed by atoms with Crippen LogP contribution < -0.4 is 5.32 Å². The standard InChI is InChI=1S/C24H25Br2NO6/c1-14(28)15-7-9-17(10-8-15)27-23(32)33-22(18-12-16(25)13-19(26)21(18)31)24(2,3)11-5-4-6-20(29)30/h4,6-10,12-13,22,31H,5,11H2,1-3H3,(H,27,32)(H,29,30)/b6-4+/t22-/m1/s1. The molecule has 2 aromatic rings. The maximum Gasteiger partial charge on any atom is 0.412 e. The van der Waals surface area contributed by atoms with Crippen LogP contribution in [0.3, 0.4) is 0 Å². The number of Topliss-reactive ketones (excluding diaryl/α,β-unsaturated/α-hetero) is 1. The number of aromatic hydroxyl groups is 1. The predicted molar refractivity (Wildman–Crippen MR) is 133 cm³/mol. The van der Waals surface area contributed by atoms with Crippen LogP contribution in [0, 0.1) is 5.41 Å². The first-order valence-corrected chi connectivity index (χ1v) is 11.7. The maximum absolute atomic E-state index is 12.8. The average molecular weight is 583 g/mol. The Hall–Kier alpha value is -2.65. The largest absolute Gasteiger partial charge is 0.506 e. The molecule has 2 aromatic carbocycles. The number of carbonyl (C=O) groups is 3. The molecule has 0 aliphatic rings. The van der Waals surface area contributed by atoms with E-state index in [-0.39, 0.29) is 11.5 Å². The third-order valence-corrected chi connectivity index (χ3v) is 6.09. The molecule has 3 N–H and O–H groups in total. The molecule has 0 heterocycles. The number of ketones is 1. The van der Waals surface area contributed by atoms with Crippen molar-refractivity contribution in [2.75, 3.05) is 5.32 Å². The molecule has 33 heavy (non-hydrogen) atoms. The van der Waals surface area contributed by atoms with Gasteiger partial charge in [-0.15, -0.1) is 0 Å². The van der Waals surface area contributed by atoms with Crippen molar-refractivity contribution in [3.8, 4) is 5.75 Å². The summed E-state index contributed by atoms with van der Waals surface area (Å²) in [5.74, 6) is -1.18. The van der Waals surface area contributed by atoms with Crippen LogP contribution in [0.1, 0.15) is 55.6 Å². The highest BCUT2D eigenvalue weighted by atomic mass is 79.9. The molecule has 0 aliphatic heterocycles. The minimum Gasteiger partial charge on any atom is -0.506 e. The molecule has 0 saturated carbocycles. The van der Waals surface area contributed by atoms with Gasteiger partial charge in [-0.2, -0.15) is 0 Å². The molecule has 0 saturated heterocycles. The fourth-order valence-corrected chi connectivity index (χ4v) is 4.50. The van der Waals surface area contributed by atoms with E-state index in [4.69, 9.17) is 9.84 Å². The number of ether oxygens (including phenoxy) is 1. The summed E-state index contributed by atoms with van der Waals surface area (Å²) >= 11 is 6.71. The molecule has 7 nitrogen and oxygen atoms in total. The number of allylic oxidation sites excluding steroid dienone is 1. The number of aliphatic carboxylic acids is 1. The number of hydrogen-bond acceptors (Lipinski definition) is 5. The van der Waals surface area contributed by atoms with Gasteiger partial charge in [0.05, 0.1) is 4.47 Å². The van der Waals surface area contributed by atoms with Crippen molar-refractivity contribution < 1.29 is 29.3 Å². The number of nitrogens with one attached hydrogen (secondary N) is 1. The van der Waals surface area contributed by atoms with Gasteiger partial charge in [0.1, 0.15) is 11.9 Å². The van der Waals surface area contributed by atoms with Crippen LogP contribution in [0.25, 0.3) is 0 Å². The third-order valence-electron chi connectivity index (χ3n) is 5.03. The van der Waals surface area contributed by atoms with Crippen molar-refractivity contribution in [3.05, 3.63) is 68.6 Å². The van der Waals surface area contributed by atoms with E-state index in [9.17, 15) is 19.5 Å². The number of benzene rings is 2. The Balaban J connectivity index is 2.31. The summed E-state index contributed by atoms with van der Waals surface area (Å²) in [7, 11) is 0. The number of hydrogen-bond donors (Lipinski definition) is 3. The molecule has 0 radical (unpaired) electrons. The first kappa shape index (κ1) is 26.6. The molecule has 0 fully saturated rings. The van der Waals surface area contributed by atoms with E-state index in [1.54, 1.807) is 36.4 Å². The molecular formula is C24H25Br2NO6. The topological polar surface area (TPSA) is 113 Å². The van der Waals surface area contributed by atoms with Gasteiger partial charge >= 0.3 is 12.1 Å². The molecule has 0 spiro atoms. The van der Waals surface area contributed by atoms with Gasteiger partial charge in [-0.3, -0.25) is 10.1 Å². The van der Waals surface area contributed by atoms with Crippen LogP contribution in [0.2, 0.25) is 0 Å². The van der Waals surface area contributed by atoms with Crippen molar-refractivity contribution in [1.29, 1.82) is 0 Å². The van der Waals surface area contributed by atoms with Gasteiger partial charge in [0.25, 0.3) is 0 Å². The highest BCUT2D eigenvalue weighted by Gasteiger charge is 2.36. The number of phenols is 1. The molecule has 0 aliphatic carbocycles. The smallest absolute Gasteiger partial charge is 0.412 e. The fourth-order valence-electron chi connectivity index (χ4n) is 3.24. The predicted octanol–water partition coefficient (Wildman–Crippen LogP) is 6.86. The summed E-state index contributed by atoms with van der Waals surface area (Å²) in [5, 5.41) is 22.1. The second-order valence-electron chi connectivity index (χ2n) is 8.14. The molecule has 176 valence electrons. The lowest BCUT2D eigenvalue weighted by Crippen LogP contribution is -2.29. The minimum atomic E-state index is -1.04. The molecule has 2 rings (SSSR count). The number of phenolic OH excluding ortho intramolecular Hbond substituents is 1. The van der Waals surface area contributed by atoms with Gasteiger partial charge in [0.2, 0.25) is 0 Å². The second-order valence-corrected chi connectivity index (χ2v) is 9.91. The Morgan fingerprint density at radius 1 is 1.15 bits per heavy atom. The Morgan fingerprint density at radius 3 is 2.36 bits per heavy atom. The summed E-state index contributed by atoms with van der Waals surface area (Å²) in [5.41, 5.74) is 0.693. The second kappa shape index (κ2) is 11.5. The number of halogens is 2. The van der Waals surface area contributed by atoms with Gasteiger partial charge in [-0.1, -0.05) is 35.9 Å². The Kier molecular flexibility index (Phi) is 9.25. The van der Waals surface area contributed by atoms with Crippen molar-refractivity contribution in [1.82, 2.24) is 0 Å². The quantitative estimate of drug-likeness (QED) is 0.220. The van der Waals surface area contributed by atoms with E-state index in [0.717, 1.165) is 6.08 Å². The van der Waals surface area contributed by atoms with Crippen LogP contribution in [0.4, 0.5) is 10.5 Å². The van der Waals surface area contributed by atoms with E-state index in [0.29, 0.717) is 38.6 Å². The number of carboxylic acids is 1. The van der Waals surface area contributed by atoms with Crippen LogP contribution in [0.5, 0.6) is 5.75 Å². The van der Waals surface area contributed by atoms with Gasteiger partial charge in [-0.05, 0) is 72.1 Å². The molecule has 1 atom stereocenters. The van der Waals surface area contributed by atoms with Gasteiger partial charge in [-0.25, -0.2) is 9.59 Å². The summed E-state index contributed by atoms with van der Waals surface area (Å²) in [6.45, 7) is 5.20. The van der Waals surface area contributed by atoms with Crippen molar-refractivity contribution in [2.45, 2.75) is 39.7 Å². The van der Waals surface area contributed by atoms with Gasteiger partial charge < -0.3 is 14.9 Å². The van der Waals surface area contributed by atoms with Gasteiger partial charge in [0, 0.05) is 32.8 Å². The lowest BCUT2D eigenvalue weighted by atomic mass is 9.78. The fraction of sp³-hybridized carbons (Fsp3) is 0.292. The lowest BCUT2D eigenvalue weighted by molar-refractivity contribution is -0.131. The zero-order chi connectivity index (χ0) is 24.8. The molecule has 0 aromatic heterocycles. The highest BCUT2D eigenvalue weighted by molar-refractivity contribution is 9.11. The normalized spacial score (nSPS) is 12.4.